The van der Waals surface area contributed by atoms with Gasteiger partial charge in [-0.25, -0.2) is 4.39 Å². The van der Waals surface area contributed by atoms with Crippen LogP contribution in [0.25, 0.3) is 0 Å². The molecule has 0 atom stereocenters. The second-order valence-electron chi connectivity index (χ2n) is 3.61. The molecule has 0 saturated carbocycles. The van der Waals surface area contributed by atoms with E-state index < -0.39 is 11.7 Å². The highest BCUT2D eigenvalue weighted by Crippen LogP contribution is 2.09. The Labute approximate surface area is 111 Å². The molecule has 0 unspecified atom stereocenters. The summed E-state index contributed by atoms with van der Waals surface area (Å²) in [5.41, 5.74) is 0.378. The van der Waals surface area contributed by atoms with Crippen LogP contribution in [0.2, 0.25) is 0 Å². The normalized spacial score (nSPS) is 9.63. The molecule has 19 heavy (non-hydrogen) atoms. The highest BCUT2D eigenvalue weighted by Gasteiger charge is 2.11. The molecule has 0 spiro atoms. The van der Waals surface area contributed by atoms with Crippen LogP contribution in [0.3, 0.4) is 0 Å². The molecule has 0 fully saturated rings. The zero-order valence-corrected chi connectivity index (χ0v) is 10.7. The largest absolute Gasteiger partial charge is 0.384 e. The molecule has 1 amide bonds. The van der Waals surface area contributed by atoms with Crippen molar-refractivity contribution in [1.82, 2.24) is 5.32 Å². The Bertz CT molecular complexity index is 491. The summed E-state index contributed by atoms with van der Waals surface area (Å²) < 4.78 is 18.7. The Balaban J connectivity index is 2.65. The Morgan fingerprint density at radius 1 is 1.53 bits per heavy atom. The molecule has 0 saturated heterocycles. The van der Waals surface area contributed by atoms with Gasteiger partial charge in [-0.3, -0.25) is 4.79 Å². The zero-order chi connectivity index (χ0) is 14.1. The number of benzene rings is 1. The maximum absolute atomic E-state index is 13.7. The second kappa shape index (κ2) is 8.25. The van der Waals surface area contributed by atoms with E-state index in [-0.39, 0.29) is 12.2 Å². The SMILES string of the molecule is CCOCCNC(=O)c1ccc(C#CCO)cc1F. The van der Waals surface area contributed by atoms with Crippen LogP contribution in [-0.4, -0.2) is 37.4 Å². The number of amides is 1. The summed E-state index contributed by atoms with van der Waals surface area (Å²) >= 11 is 0. The molecule has 4 nitrogen and oxygen atoms in total. The highest BCUT2D eigenvalue weighted by molar-refractivity contribution is 5.94. The molecule has 0 aliphatic heterocycles. The number of hydrogen-bond donors (Lipinski definition) is 2. The lowest BCUT2D eigenvalue weighted by Crippen LogP contribution is -2.28. The molecule has 1 aromatic carbocycles. The molecule has 2 N–H and O–H groups in total. The van der Waals surface area contributed by atoms with E-state index in [0.717, 1.165) is 0 Å². The summed E-state index contributed by atoms with van der Waals surface area (Å²) in [6.45, 7) is 2.86. The fourth-order valence-electron chi connectivity index (χ4n) is 1.39. The maximum Gasteiger partial charge on any atom is 0.254 e. The predicted octanol–water partition coefficient (Wildman–Crippen LogP) is 0.936. The number of carbonyl (C=O) groups is 1. The summed E-state index contributed by atoms with van der Waals surface area (Å²) in [6, 6.07) is 4.07. The van der Waals surface area contributed by atoms with Gasteiger partial charge in [-0.15, -0.1) is 0 Å². The number of aliphatic hydroxyl groups excluding tert-OH is 1. The van der Waals surface area contributed by atoms with Crippen molar-refractivity contribution in [3.05, 3.63) is 35.1 Å². The first kappa shape index (κ1) is 15.2. The summed E-state index contributed by atoms with van der Waals surface area (Å²) in [5.74, 6) is 3.85. The monoisotopic (exact) mass is 265 g/mol. The van der Waals surface area contributed by atoms with Gasteiger partial charge in [-0.05, 0) is 25.1 Å². The Hall–Kier alpha value is -1.90. The third-order valence-electron chi connectivity index (χ3n) is 2.26. The molecular formula is C14H16FNO3. The van der Waals surface area contributed by atoms with E-state index in [9.17, 15) is 9.18 Å². The van der Waals surface area contributed by atoms with Gasteiger partial charge in [0.05, 0.1) is 12.2 Å². The van der Waals surface area contributed by atoms with Gasteiger partial charge in [-0.1, -0.05) is 11.8 Å². The number of rotatable bonds is 5. The van der Waals surface area contributed by atoms with Crippen molar-refractivity contribution in [2.24, 2.45) is 0 Å². The van der Waals surface area contributed by atoms with E-state index in [1.807, 2.05) is 6.92 Å². The molecule has 5 heteroatoms. The maximum atomic E-state index is 13.7. The van der Waals surface area contributed by atoms with E-state index in [0.29, 0.717) is 25.3 Å². The molecular weight excluding hydrogens is 249 g/mol. The standard InChI is InChI=1S/C14H16FNO3/c1-2-19-9-7-16-14(18)12-6-5-11(4-3-8-17)10-13(12)15/h5-6,10,17H,2,7-9H2,1H3,(H,16,18). The average Bonchev–Trinajstić information content (AvgIpc) is 2.41. The quantitative estimate of drug-likeness (QED) is 0.615. The summed E-state index contributed by atoms with van der Waals surface area (Å²) in [5, 5.41) is 11.1. The smallest absolute Gasteiger partial charge is 0.254 e. The molecule has 0 heterocycles. The number of carbonyl (C=O) groups excluding carboxylic acids is 1. The van der Waals surface area contributed by atoms with E-state index in [4.69, 9.17) is 9.84 Å². The molecule has 0 aliphatic rings. The highest BCUT2D eigenvalue weighted by atomic mass is 19.1. The van der Waals surface area contributed by atoms with Crippen LogP contribution in [0, 0.1) is 17.7 Å². The molecule has 0 aromatic heterocycles. The number of ether oxygens (including phenoxy) is 1. The van der Waals surface area contributed by atoms with Crippen LogP contribution < -0.4 is 5.32 Å². The molecule has 1 aromatic rings. The van der Waals surface area contributed by atoms with Crippen molar-refractivity contribution in [3.63, 3.8) is 0 Å². The second-order valence-corrected chi connectivity index (χ2v) is 3.61. The van der Waals surface area contributed by atoms with Crippen molar-refractivity contribution in [2.75, 3.05) is 26.4 Å². The van der Waals surface area contributed by atoms with Crippen LogP contribution in [0.5, 0.6) is 0 Å². The fraction of sp³-hybridized carbons (Fsp3) is 0.357. The molecule has 0 bridgehead atoms. The van der Waals surface area contributed by atoms with E-state index >= 15 is 0 Å². The van der Waals surface area contributed by atoms with Gasteiger partial charge in [0.1, 0.15) is 12.4 Å². The van der Waals surface area contributed by atoms with Crippen molar-refractivity contribution >= 4 is 5.91 Å². The van der Waals surface area contributed by atoms with Crippen LogP contribution in [0.4, 0.5) is 4.39 Å². The minimum Gasteiger partial charge on any atom is -0.384 e. The average molecular weight is 265 g/mol. The summed E-state index contributed by atoms with van der Waals surface area (Å²) in [4.78, 5) is 11.7. The first-order valence-corrected chi connectivity index (χ1v) is 5.94. The molecule has 0 aliphatic carbocycles. The van der Waals surface area contributed by atoms with E-state index in [1.165, 1.54) is 18.2 Å². The zero-order valence-electron chi connectivity index (χ0n) is 10.7. The fourth-order valence-corrected chi connectivity index (χ4v) is 1.39. The van der Waals surface area contributed by atoms with Crippen molar-refractivity contribution in [1.29, 1.82) is 0 Å². The van der Waals surface area contributed by atoms with Crippen molar-refractivity contribution < 1.29 is 19.0 Å². The van der Waals surface area contributed by atoms with Gasteiger partial charge in [0.15, 0.2) is 0 Å². The number of aliphatic hydroxyl groups is 1. The number of hydrogen-bond acceptors (Lipinski definition) is 3. The lowest BCUT2D eigenvalue weighted by Gasteiger charge is -2.06. The van der Waals surface area contributed by atoms with Gasteiger partial charge in [0.25, 0.3) is 5.91 Å². The van der Waals surface area contributed by atoms with Crippen LogP contribution >= 0.6 is 0 Å². The topological polar surface area (TPSA) is 58.6 Å². The van der Waals surface area contributed by atoms with Gasteiger partial charge >= 0.3 is 0 Å². The molecule has 102 valence electrons. The minimum atomic E-state index is -0.640. The minimum absolute atomic E-state index is 0.0361. The lowest BCUT2D eigenvalue weighted by molar-refractivity contribution is 0.0918. The van der Waals surface area contributed by atoms with Gasteiger partial charge in [-0.2, -0.15) is 0 Å². The third kappa shape index (κ3) is 5.08. The molecule has 0 radical (unpaired) electrons. The van der Waals surface area contributed by atoms with Gasteiger partial charge in [0.2, 0.25) is 0 Å². The van der Waals surface area contributed by atoms with Crippen LogP contribution in [0.1, 0.15) is 22.8 Å². The Kier molecular flexibility index (Phi) is 6.58. The van der Waals surface area contributed by atoms with E-state index in [1.54, 1.807) is 0 Å². The van der Waals surface area contributed by atoms with Crippen LogP contribution in [0.15, 0.2) is 18.2 Å². The van der Waals surface area contributed by atoms with Crippen molar-refractivity contribution in [3.8, 4) is 11.8 Å². The predicted molar refractivity (Wildman–Crippen MR) is 69.2 cm³/mol. The van der Waals surface area contributed by atoms with Crippen molar-refractivity contribution in [2.45, 2.75) is 6.92 Å². The first-order chi connectivity index (χ1) is 9.19. The summed E-state index contributed by atoms with van der Waals surface area (Å²) in [7, 11) is 0. The third-order valence-corrected chi connectivity index (χ3v) is 2.26. The summed E-state index contributed by atoms with van der Waals surface area (Å²) in [6.07, 6.45) is 0. The lowest BCUT2D eigenvalue weighted by atomic mass is 10.1. The van der Waals surface area contributed by atoms with Crippen LogP contribution in [-0.2, 0) is 4.74 Å². The van der Waals surface area contributed by atoms with E-state index in [2.05, 4.69) is 17.2 Å². The van der Waals surface area contributed by atoms with Gasteiger partial charge < -0.3 is 15.2 Å². The Morgan fingerprint density at radius 2 is 2.32 bits per heavy atom. The van der Waals surface area contributed by atoms with Gasteiger partial charge in [0, 0.05) is 18.7 Å². The number of nitrogens with one attached hydrogen (secondary N) is 1. The Morgan fingerprint density at radius 3 is 2.95 bits per heavy atom. The molecule has 1 rings (SSSR count). The number of halogens is 1. The first-order valence-electron chi connectivity index (χ1n) is 5.94.